The number of halogens is 1. The molecule has 1 heterocycles. The highest BCUT2D eigenvalue weighted by atomic mass is 35.5. The SMILES string of the molecule is COc1cnc(CCl)c(C)c1OC. The van der Waals surface area contributed by atoms with E-state index in [1.54, 1.807) is 20.4 Å². The van der Waals surface area contributed by atoms with E-state index in [1.165, 1.54) is 0 Å². The number of alkyl halides is 1. The van der Waals surface area contributed by atoms with Crippen molar-refractivity contribution in [3.63, 3.8) is 0 Å². The third kappa shape index (κ3) is 1.86. The fourth-order valence-electron chi connectivity index (χ4n) is 1.14. The second kappa shape index (κ2) is 4.33. The number of hydrogen-bond donors (Lipinski definition) is 0. The molecular formula is C9H12ClNO2. The van der Waals surface area contributed by atoms with Gasteiger partial charge < -0.3 is 9.47 Å². The van der Waals surface area contributed by atoms with Crippen LogP contribution in [-0.2, 0) is 5.88 Å². The summed E-state index contributed by atoms with van der Waals surface area (Å²) in [4.78, 5) is 4.14. The molecule has 0 saturated heterocycles. The molecule has 0 amide bonds. The molecule has 0 bridgehead atoms. The summed E-state index contributed by atoms with van der Waals surface area (Å²) in [7, 11) is 3.18. The second-order valence-electron chi connectivity index (χ2n) is 2.57. The van der Waals surface area contributed by atoms with Crippen LogP contribution in [0.25, 0.3) is 0 Å². The zero-order chi connectivity index (χ0) is 9.84. The van der Waals surface area contributed by atoms with Crippen LogP contribution in [0.5, 0.6) is 11.5 Å². The minimum Gasteiger partial charge on any atom is -0.492 e. The zero-order valence-electron chi connectivity index (χ0n) is 7.93. The predicted molar refractivity (Wildman–Crippen MR) is 51.6 cm³/mol. The number of nitrogens with zero attached hydrogens (tertiary/aromatic N) is 1. The average Bonchev–Trinajstić information content (AvgIpc) is 2.17. The van der Waals surface area contributed by atoms with E-state index in [0.717, 1.165) is 11.3 Å². The van der Waals surface area contributed by atoms with Gasteiger partial charge in [0, 0.05) is 5.56 Å². The molecule has 0 fully saturated rings. The maximum absolute atomic E-state index is 5.70. The molecule has 3 nitrogen and oxygen atoms in total. The molecule has 13 heavy (non-hydrogen) atoms. The molecule has 1 aromatic rings. The summed E-state index contributed by atoms with van der Waals surface area (Å²) in [5.74, 6) is 1.72. The van der Waals surface area contributed by atoms with E-state index in [0.29, 0.717) is 17.4 Å². The van der Waals surface area contributed by atoms with Gasteiger partial charge >= 0.3 is 0 Å². The van der Waals surface area contributed by atoms with E-state index < -0.39 is 0 Å². The van der Waals surface area contributed by atoms with Crippen molar-refractivity contribution in [2.45, 2.75) is 12.8 Å². The van der Waals surface area contributed by atoms with Crippen LogP contribution in [0.3, 0.4) is 0 Å². The van der Waals surface area contributed by atoms with Crippen LogP contribution in [-0.4, -0.2) is 19.2 Å². The van der Waals surface area contributed by atoms with Gasteiger partial charge in [0.05, 0.1) is 32.0 Å². The van der Waals surface area contributed by atoms with Crippen molar-refractivity contribution in [1.82, 2.24) is 4.98 Å². The van der Waals surface area contributed by atoms with Gasteiger partial charge in [-0.15, -0.1) is 11.6 Å². The van der Waals surface area contributed by atoms with Gasteiger partial charge in [-0.25, -0.2) is 0 Å². The standard InChI is InChI=1S/C9H12ClNO2/c1-6-7(4-10)11-5-8(12-2)9(6)13-3/h5H,4H2,1-3H3. The van der Waals surface area contributed by atoms with E-state index in [1.807, 2.05) is 6.92 Å². The summed E-state index contributed by atoms with van der Waals surface area (Å²) in [6.07, 6.45) is 1.61. The van der Waals surface area contributed by atoms with Gasteiger partial charge in [-0.3, -0.25) is 4.98 Å². The molecule has 0 aliphatic carbocycles. The first-order valence-corrected chi connectivity index (χ1v) is 4.40. The van der Waals surface area contributed by atoms with E-state index in [9.17, 15) is 0 Å². The molecule has 0 aromatic carbocycles. The molecule has 4 heteroatoms. The molecule has 72 valence electrons. The molecule has 0 saturated carbocycles. The average molecular weight is 202 g/mol. The van der Waals surface area contributed by atoms with Crippen LogP contribution in [0.4, 0.5) is 0 Å². The van der Waals surface area contributed by atoms with Gasteiger partial charge in [0.1, 0.15) is 0 Å². The van der Waals surface area contributed by atoms with Gasteiger partial charge in [0.15, 0.2) is 11.5 Å². The smallest absolute Gasteiger partial charge is 0.179 e. The summed E-state index contributed by atoms with van der Waals surface area (Å²) in [6.45, 7) is 1.91. The zero-order valence-corrected chi connectivity index (χ0v) is 8.68. The molecule has 0 atom stereocenters. The molecule has 0 N–H and O–H groups in total. The third-order valence-electron chi connectivity index (χ3n) is 1.89. The highest BCUT2D eigenvalue weighted by Gasteiger charge is 2.11. The lowest BCUT2D eigenvalue weighted by atomic mass is 10.2. The third-order valence-corrected chi connectivity index (χ3v) is 2.14. The van der Waals surface area contributed by atoms with Gasteiger partial charge in [-0.2, -0.15) is 0 Å². The van der Waals surface area contributed by atoms with Crippen LogP contribution < -0.4 is 9.47 Å². The number of aromatic nitrogens is 1. The predicted octanol–water partition coefficient (Wildman–Crippen LogP) is 2.15. The van der Waals surface area contributed by atoms with E-state index in [4.69, 9.17) is 21.1 Å². The molecule has 0 aliphatic heterocycles. The highest BCUT2D eigenvalue weighted by molar-refractivity contribution is 6.17. The lowest BCUT2D eigenvalue weighted by Gasteiger charge is -2.11. The molecule has 0 unspecified atom stereocenters. The van der Waals surface area contributed by atoms with E-state index >= 15 is 0 Å². The Morgan fingerprint density at radius 1 is 1.38 bits per heavy atom. The Bertz CT molecular complexity index is 302. The molecule has 0 spiro atoms. The quantitative estimate of drug-likeness (QED) is 0.703. The van der Waals surface area contributed by atoms with Crippen molar-refractivity contribution in [1.29, 1.82) is 0 Å². The van der Waals surface area contributed by atoms with Crippen molar-refractivity contribution < 1.29 is 9.47 Å². The molecule has 1 rings (SSSR count). The monoisotopic (exact) mass is 201 g/mol. The fourth-order valence-corrected chi connectivity index (χ4v) is 1.41. The van der Waals surface area contributed by atoms with Crippen LogP contribution in [0.15, 0.2) is 6.20 Å². The van der Waals surface area contributed by atoms with Crippen molar-refractivity contribution in [3.05, 3.63) is 17.5 Å². The van der Waals surface area contributed by atoms with Crippen LogP contribution >= 0.6 is 11.6 Å². The summed E-state index contributed by atoms with van der Waals surface area (Å²) >= 11 is 5.70. The second-order valence-corrected chi connectivity index (χ2v) is 2.83. The maximum atomic E-state index is 5.70. The minimum absolute atomic E-state index is 0.381. The van der Waals surface area contributed by atoms with E-state index in [-0.39, 0.29) is 0 Å². The Labute approximate surface area is 82.6 Å². The summed E-state index contributed by atoms with van der Waals surface area (Å²) in [6, 6.07) is 0. The first-order valence-electron chi connectivity index (χ1n) is 3.87. The summed E-state index contributed by atoms with van der Waals surface area (Å²) in [5.41, 5.74) is 1.75. The van der Waals surface area contributed by atoms with Gasteiger partial charge in [0.2, 0.25) is 0 Å². The molecule has 1 aromatic heterocycles. The van der Waals surface area contributed by atoms with E-state index in [2.05, 4.69) is 4.98 Å². The number of hydrogen-bond acceptors (Lipinski definition) is 3. The number of methoxy groups -OCH3 is 2. The van der Waals surface area contributed by atoms with Crippen LogP contribution in [0.1, 0.15) is 11.3 Å². The summed E-state index contributed by atoms with van der Waals surface area (Å²) in [5, 5.41) is 0. The Morgan fingerprint density at radius 2 is 2.08 bits per heavy atom. The molecule has 0 radical (unpaired) electrons. The van der Waals surface area contributed by atoms with Gasteiger partial charge in [-0.05, 0) is 6.92 Å². The largest absolute Gasteiger partial charge is 0.492 e. The number of pyridine rings is 1. The van der Waals surface area contributed by atoms with Gasteiger partial charge in [0.25, 0.3) is 0 Å². The normalized spacial score (nSPS) is 9.85. The topological polar surface area (TPSA) is 31.4 Å². The van der Waals surface area contributed by atoms with Crippen molar-refractivity contribution in [3.8, 4) is 11.5 Å². The minimum atomic E-state index is 0.381. The van der Waals surface area contributed by atoms with Gasteiger partial charge in [-0.1, -0.05) is 0 Å². The van der Waals surface area contributed by atoms with Crippen molar-refractivity contribution in [2.24, 2.45) is 0 Å². The van der Waals surface area contributed by atoms with Crippen LogP contribution in [0.2, 0.25) is 0 Å². The van der Waals surface area contributed by atoms with Crippen molar-refractivity contribution in [2.75, 3.05) is 14.2 Å². The van der Waals surface area contributed by atoms with Crippen LogP contribution in [0, 0.1) is 6.92 Å². The lowest BCUT2D eigenvalue weighted by Crippen LogP contribution is -1.98. The molecular weight excluding hydrogens is 190 g/mol. The Kier molecular flexibility index (Phi) is 3.37. The highest BCUT2D eigenvalue weighted by Crippen LogP contribution is 2.31. The Hall–Kier alpha value is -0.960. The maximum Gasteiger partial charge on any atom is 0.179 e. The Balaban J connectivity index is 3.23. The number of ether oxygens (including phenoxy) is 2. The van der Waals surface area contributed by atoms with Crippen molar-refractivity contribution >= 4 is 11.6 Å². The summed E-state index contributed by atoms with van der Waals surface area (Å²) < 4.78 is 10.3. The lowest BCUT2D eigenvalue weighted by molar-refractivity contribution is 0.350. The number of rotatable bonds is 3. The first kappa shape index (κ1) is 10.1. The Morgan fingerprint density at radius 3 is 2.54 bits per heavy atom. The first-order chi connectivity index (χ1) is 6.24. The molecule has 0 aliphatic rings. The fraction of sp³-hybridized carbons (Fsp3) is 0.444.